The lowest BCUT2D eigenvalue weighted by atomic mass is 10.00. The number of hydrogen-bond acceptors (Lipinski definition) is 1. The van der Waals surface area contributed by atoms with E-state index in [1.54, 1.807) is 0 Å². The van der Waals surface area contributed by atoms with Crippen LogP contribution in [0.15, 0.2) is 71.5 Å². The predicted octanol–water partition coefficient (Wildman–Crippen LogP) is 4.09. The highest BCUT2D eigenvalue weighted by Crippen LogP contribution is 2.27. The average molecular weight is 288 g/mol. The van der Waals surface area contributed by atoms with Crippen molar-refractivity contribution in [2.45, 2.75) is 13.0 Å². The van der Waals surface area contributed by atoms with Gasteiger partial charge in [0.25, 0.3) is 5.56 Å². The van der Waals surface area contributed by atoms with Crippen molar-refractivity contribution < 1.29 is 0 Å². The zero-order valence-electron chi connectivity index (χ0n) is 12.3. The number of aromatic amines is 1. The Morgan fingerprint density at radius 3 is 2.41 bits per heavy atom. The third kappa shape index (κ3) is 1.86. The molecule has 0 amide bonds. The first-order valence-corrected chi connectivity index (χ1v) is 7.42. The van der Waals surface area contributed by atoms with Crippen LogP contribution in [0.25, 0.3) is 21.7 Å². The van der Waals surface area contributed by atoms with Crippen LogP contribution in [0.5, 0.6) is 0 Å². The van der Waals surface area contributed by atoms with Gasteiger partial charge in [-0.1, -0.05) is 54.6 Å². The van der Waals surface area contributed by atoms with Crippen LogP contribution in [0.3, 0.4) is 0 Å². The molecule has 0 aliphatic rings. The first-order valence-electron chi connectivity index (χ1n) is 7.42. The molecule has 108 valence electrons. The van der Waals surface area contributed by atoms with Crippen LogP contribution >= 0.6 is 0 Å². The molecule has 3 aromatic carbocycles. The van der Waals surface area contributed by atoms with Crippen LogP contribution in [-0.2, 0) is 0 Å². The molecule has 0 unspecified atom stereocenters. The Hall–Kier alpha value is -2.81. The highest BCUT2D eigenvalue weighted by molar-refractivity contribution is 5.86. The largest absolute Gasteiger partial charge is 0.277 e. The number of aromatic nitrogens is 2. The van der Waals surface area contributed by atoms with Gasteiger partial charge in [0, 0.05) is 0 Å². The molecule has 0 fully saturated rings. The molecular weight excluding hydrogens is 272 g/mol. The second-order valence-corrected chi connectivity index (χ2v) is 5.57. The lowest BCUT2D eigenvalue weighted by Gasteiger charge is -2.17. The fourth-order valence-electron chi connectivity index (χ4n) is 3.16. The normalized spacial score (nSPS) is 12.8. The van der Waals surface area contributed by atoms with Crippen LogP contribution in [0.1, 0.15) is 18.5 Å². The third-order valence-electron chi connectivity index (χ3n) is 4.29. The number of H-pyrrole nitrogens is 1. The molecule has 22 heavy (non-hydrogen) atoms. The molecule has 3 nitrogen and oxygen atoms in total. The molecule has 0 spiro atoms. The number of rotatable bonds is 2. The Morgan fingerprint density at radius 2 is 1.55 bits per heavy atom. The van der Waals surface area contributed by atoms with E-state index in [9.17, 15) is 4.79 Å². The molecule has 3 heteroatoms. The van der Waals surface area contributed by atoms with E-state index < -0.39 is 0 Å². The van der Waals surface area contributed by atoms with Gasteiger partial charge in [-0.3, -0.25) is 14.6 Å². The Kier molecular flexibility index (Phi) is 2.86. The topological polar surface area (TPSA) is 37.8 Å². The molecule has 1 atom stereocenters. The lowest BCUT2D eigenvalue weighted by molar-refractivity contribution is 0.582. The van der Waals surface area contributed by atoms with Crippen molar-refractivity contribution in [1.29, 1.82) is 0 Å². The van der Waals surface area contributed by atoms with Crippen molar-refractivity contribution in [3.8, 4) is 0 Å². The van der Waals surface area contributed by atoms with Gasteiger partial charge < -0.3 is 0 Å². The molecule has 4 aromatic rings. The van der Waals surface area contributed by atoms with Crippen LogP contribution < -0.4 is 5.56 Å². The first kappa shape index (κ1) is 12.9. The van der Waals surface area contributed by atoms with Crippen molar-refractivity contribution >= 4 is 21.7 Å². The first-order chi connectivity index (χ1) is 10.8. The molecule has 0 radical (unpaired) electrons. The Labute approximate surface area is 127 Å². The van der Waals surface area contributed by atoms with Gasteiger partial charge in [0.15, 0.2) is 0 Å². The van der Waals surface area contributed by atoms with Gasteiger partial charge in [-0.05, 0) is 35.4 Å². The minimum Gasteiger partial charge on any atom is -0.277 e. The zero-order valence-corrected chi connectivity index (χ0v) is 12.3. The average Bonchev–Trinajstić information content (AvgIpc) is 2.91. The molecule has 0 saturated carbocycles. The molecule has 0 saturated heterocycles. The van der Waals surface area contributed by atoms with Crippen LogP contribution in [0.4, 0.5) is 0 Å². The summed E-state index contributed by atoms with van der Waals surface area (Å²) in [6.45, 7) is 2.12. The number of nitrogens with zero attached hydrogens (tertiary/aromatic N) is 1. The Morgan fingerprint density at radius 1 is 0.864 bits per heavy atom. The van der Waals surface area contributed by atoms with Crippen molar-refractivity contribution in [2.75, 3.05) is 0 Å². The van der Waals surface area contributed by atoms with Gasteiger partial charge >= 0.3 is 0 Å². The summed E-state index contributed by atoms with van der Waals surface area (Å²) in [7, 11) is 0. The van der Waals surface area contributed by atoms with Crippen molar-refractivity contribution in [1.82, 2.24) is 9.78 Å². The zero-order chi connectivity index (χ0) is 15.1. The number of nitrogens with one attached hydrogen (secondary N) is 1. The lowest BCUT2D eigenvalue weighted by Crippen LogP contribution is -2.12. The number of hydrogen-bond donors (Lipinski definition) is 1. The maximum atomic E-state index is 12.1. The van der Waals surface area contributed by atoms with Crippen LogP contribution in [0, 0.1) is 0 Å². The number of para-hydroxylation sites is 1. The smallest absolute Gasteiger partial charge is 0.271 e. The SMILES string of the molecule is C[C@@H](c1cccc2ccccc12)n1[nH]c(=O)c2ccccc21. The van der Waals surface area contributed by atoms with Gasteiger partial charge in [-0.2, -0.15) is 0 Å². The fourth-order valence-corrected chi connectivity index (χ4v) is 3.16. The van der Waals surface area contributed by atoms with Crippen molar-refractivity contribution in [3.05, 3.63) is 82.6 Å². The summed E-state index contributed by atoms with van der Waals surface area (Å²) in [5.41, 5.74) is 2.10. The summed E-state index contributed by atoms with van der Waals surface area (Å²) in [6, 6.07) is 22.4. The van der Waals surface area contributed by atoms with Gasteiger partial charge in [0.2, 0.25) is 0 Å². The van der Waals surface area contributed by atoms with Gasteiger partial charge in [-0.25, -0.2) is 0 Å². The number of fused-ring (bicyclic) bond motifs is 2. The number of benzene rings is 3. The molecule has 0 bridgehead atoms. The fraction of sp³-hybridized carbons (Fsp3) is 0.105. The minimum atomic E-state index is -0.0392. The maximum absolute atomic E-state index is 12.1. The van der Waals surface area contributed by atoms with E-state index in [1.807, 2.05) is 35.0 Å². The van der Waals surface area contributed by atoms with Crippen LogP contribution in [-0.4, -0.2) is 9.78 Å². The summed E-state index contributed by atoms with van der Waals surface area (Å²) < 4.78 is 1.96. The second kappa shape index (κ2) is 4.88. The molecular formula is C19H16N2O. The van der Waals surface area contributed by atoms with E-state index in [1.165, 1.54) is 16.3 Å². The minimum absolute atomic E-state index is 0.0392. The van der Waals surface area contributed by atoms with E-state index in [0.29, 0.717) is 0 Å². The second-order valence-electron chi connectivity index (χ2n) is 5.57. The van der Waals surface area contributed by atoms with E-state index in [-0.39, 0.29) is 11.6 Å². The van der Waals surface area contributed by atoms with E-state index in [4.69, 9.17) is 0 Å². The molecule has 4 rings (SSSR count). The molecule has 1 aromatic heterocycles. The summed E-state index contributed by atoms with van der Waals surface area (Å²) >= 11 is 0. The van der Waals surface area contributed by atoms with Gasteiger partial charge in [-0.15, -0.1) is 0 Å². The van der Waals surface area contributed by atoms with Gasteiger partial charge in [0.05, 0.1) is 16.9 Å². The summed E-state index contributed by atoms with van der Waals surface area (Å²) in [4.78, 5) is 12.1. The van der Waals surface area contributed by atoms with E-state index in [0.717, 1.165) is 10.9 Å². The monoisotopic (exact) mass is 288 g/mol. The third-order valence-corrected chi connectivity index (χ3v) is 4.29. The molecule has 0 aliphatic carbocycles. The molecule has 1 heterocycles. The summed E-state index contributed by atoms with van der Waals surface area (Å²) in [6.07, 6.45) is 0. The van der Waals surface area contributed by atoms with Crippen LogP contribution in [0.2, 0.25) is 0 Å². The predicted molar refractivity (Wildman–Crippen MR) is 90.3 cm³/mol. The maximum Gasteiger partial charge on any atom is 0.271 e. The molecule has 0 aliphatic heterocycles. The standard InChI is InChI=1S/C19H16N2O/c1-13(15-11-6-8-14-7-2-3-9-16(14)15)21-18-12-5-4-10-17(18)19(22)20-21/h2-13H,1H3,(H,20,22)/t13-/m0/s1. The molecule has 1 N–H and O–H groups in total. The summed E-state index contributed by atoms with van der Waals surface area (Å²) in [5, 5.41) is 6.14. The Bertz CT molecular complexity index is 1020. The van der Waals surface area contributed by atoms with Crippen molar-refractivity contribution in [3.63, 3.8) is 0 Å². The van der Waals surface area contributed by atoms with Crippen molar-refractivity contribution in [2.24, 2.45) is 0 Å². The van der Waals surface area contributed by atoms with E-state index >= 15 is 0 Å². The Balaban J connectivity index is 1.96. The highest BCUT2D eigenvalue weighted by atomic mass is 16.1. The van der Waals surface area contributed by atoms with Gasteiger partial charge in [0.1, 0.15) is 0 Å². The van der Waals surface area contributed by atoms with E-state index in [2.05, 4.69) is 48.4 Å². The summed E-state index contributed by atoms with van der Waals surface area (Å²) in [5.74, 6) is 0. The highest BCUT2D eigenvalue weighted by Gasteiger charge is 2.15. The quantitative estimate of drug-likeness (QED) is 0.592.